The second-order valence-electron chi connectivity index (χ2n) is 9.02. The number of esters is 1. The number of benzene rings is 1. The second kappa shape index (κ2) is 10.1. The van der Waals surface area contributed by atoms with E-state index in [1.165, 1.54) is 24.9 Å². The van der Waals surface area contributed by atoms with Crippen LogP contribution in [0.2, 0.25) is 0 Å². The van der Waals surface area contributed by atoms with Gasteiger partial charge in [0, 0.05) is 7.05 Å². The van der Waals surface area contributed by atoms with Crippen molar-refractivity contribution >= 4 is 58.9 Å². The molecule has 1 unspecified atom stereocenters. The van der Waals surface area contributed by atoms with E-state index in [1.54, 1.807) is 37.4 Å². The summed E-state index contributed by atoms with van der Waals surface area (Å²) in [5, 5.41) is 17.2. The van der Waals surface area contributed by atoms with Crippen LogP contribution in [-0.4, -0.2) is 80.2 Å². The number of halogens is 2. The van der Waals surface area contributed by atoms with Gasteiger partial charge in [-0.05, 0) is 30.9 Å². The maximum atomic E-state index is 16.1. The Morgan fingerprint density at radius 2 is 2.13 bits per heavy atom. The zero-order valence-corrected chi connectivity index (χ0v) is 23.4. The quantitative estimate of drug-likeness (QED) is 0.151. The Hall–Kier alpha value is -2.65. The standard InChI is InChI=1S/C22H26ClFN7O6PS/c1-11(18(32)34-3)30-38(39,36-12-7-5-4-6-8-12)37-19-21(9-23)22(19,33)14(24)17(35-21)31-10-27-13-15(26-2)28-20(25)29-16(13)31/h4-8,10-11,14,17,19,33H,9H2,1-3H3,(H,30,39)(H3,25,26,28,29)/t11-,14+,17-,19?,21-,22-,38-/m1/s1. The fourth-order valence-corrected chi connectivity index (χ4v) is 7.83. The molecule has 1 aliphatic carbocycles. The molecule has 210 valence electrons. The molecule has 3 aromatic rings. The zero-order valence-electron chi connectivity index (χ0n) is 20.9. The van der Waals surface area contributed by atoms with Gasteiger partial charge in [0.05, 0.1) is 19.3 Å². The number of nitrogens with two attached hydrogens (primary N) is 1. The predicted molar refractivity (Wildman–Crippen MR) is 144 cm³/mol. The van der Waals surface area contributed by atoms with Crippen LogP contribution < -0.4 is 20.7 Å². The van der Waals surface area contributed by atoms with E-state index in [1.807, 2.05) is 0 Å². The molecule has 2 aromatic heterocycles. The van der Waals surface area contributed by atoms with Crippen LogP contribution in [0.3, 0.4) is 0 Å². The number of nitrogens with zero attached hydrogens (tertiary/aromatic N) is 4. The van der Waals surface area contributed by atoms with E-state index < -0.39 is 48.4 Å². The minimum atomic E-state index is -3.62. The summed E-state index contributed by atoms with van der Waals surface area (Å²) in [5.74, 6) is -0.361. The number of alkyl halides is 2. The summed E-state index contributed by atoms with van der Waals surface area (Å²) in [7, 11) is 2.85. The lowest BCUT2D eigenvalue weighted by Gasteiger charge is -2.29. The van der Waals surface area contributed by atoms with E-state index in [4.69, 9.17) is 47.7 Å². The highest BCUT2D eigenvalue weighted by Gasteiger charge is 2.89. The van der Waals surface area contributed by atoms with E-state index in [9.17, 15) is 9.90 Å². The number of anilines is 2. The van der Waals surface area contributed by atoms with Crippen molar-refractivity contribution in [2.24, 2.45) is 0 Å². The molecule has 0 spiro atoms. The maximum Gasteiger partial charge on any atom is 0.323 e. The molecular weight excluding hydrogens is 576 g/mol. The number of rotatable bonds is 10. The highest BCUT2D eigenvalue weighted by molar-refractivity contribution is 8.09. The van der Waals surface area contributed by atoms with Gasteiger partial charge < -0.3 is 30.2 Å². The van der Waals surface area contributed by atoms with E-state index in [0.717, 1.165) is 0 Å². The normalized spacial score (nSPS) is 29.8. The number of methoxy groups -OCH3 is 1. The third-order valence-corrected chi connectivity index (χ3v) is 9.53. The van der Waals surface area contributed by atoms with Crippen LogP contribution in [0.5, 0.6) is 5.75 Å². The van der Waals surface area contributed by atoms with E-state index in [0.29, 0.717) is 17.1 Å². The lowest BCUT2D eigenvalue weighted by Crippen LogP contribution is -2.37. The molecule has 3 heterocycles. The molecule has 5 rings (SSSR count). The Morgan fingerprint density at radius 1 is 1.41 bits per heavy atom. The number of nitrogens with one attached hydrogen (secondary N) is 2. The van der Waals surface area contributed by atoms with Gasteiger partial charge in [0.1, 0.15) is 23.5 Å². The van der Waals surface area contributed by atoms with Gasteiger partial charge in [0.25, 0.3) is 0 Å². The molecule has 1 aromatic carbocycles. The van der Waals surface area contributed by atoms with Gasteiger partial charge in [0.15, 0.2) is 35.0 Å². The Balaban J connectivity index is 1.45. The summed E-state index contributed by atoms with van der Waals surface area (Å²) < 4.78 is 40.2. The molecule has 1 aliphatic heterocycles. The van der Waals surface area contributed by atoms with Crippen LogP contribution in [-0.2, 0) is 30.6 Å². The lowest BCUT2D eigenvalue weighted by molar-refractivity contribution is -0.142. The van der Waals surface area contributed by atoms with Crippen molar-refractivity contribution in [3.05, 3.63) is 36.7 Å². The average Bonchev–Trinajstić information content (AvgIpc) is 3.15. The monoisotopic (exact) mass is 601 g/mol. The van der Waals surface area contributed by atoms with Gasteiger partial charge in [0.2, 0.25) is 5.95 Å². The molecule has 2 fully saturated rings. The van der Waals surface area contributed by atoms with Crippen LogP contribution in [0.25, 0.3) is 11.2 Å². The highest BCUT2D eigenvalue weighted by atomic mass is 35.5. The highest BCUT2D eigenvalue weighted by Crippen LogP contribution is 2.69. The van der Waals surface area contributed by atoms with Crippen LogP contribution >= 0.6 is 18.2 Å². The first-order valence-electron chi connectivity index (χ1n) is 11.7. The number of hydrogen-bond donors (Lipinski definition) is 4. The van der Waals surface area contributed by atoms with Crippen LogP contribution in [0, 0.1) is 0 Å². The van der Waals surface area contributed by atoms with Gasteiger partial charge in [-0.15, -0.1) is 11.6 Å². The van der Waals surface area contributed by atoms with Crippen molar-refractivity contribution < 1.29 is 32.8 Å². The molecule has 39 heavy (non-hydrogen) atoms. The number of imidazole rings is 1. The van der Waals surface area contributed by atoms with Crippen molar-refractivity contribution in [2.75, 3.05) is 31.1 Å². The summed E-state index contributed by atoms with van der Waals surface area (Å²) in [6.07, 6.45) is -3.44. The molecular formula is C22H26ClFN7O6PS. The average molecular weight is 602 g/mol. The second-order valence-corrected chi connectivity index (χ2v) is 12.4. The molecule has 0 amide bonds. The summed E-state index contributed by atoms with van der Waals surface area (Å²) in [5.41, 5.74) is 2.43. The number of para-hydroxylation sites is 1. The molecule has 5 N–H and O–H groups in total. The van der Waals surface area contributed by atoms with Crippen molar-refractivity contribution in [3.63, 3.8) is 0 Å². The lowest BCUT2D eigenvalue weighted by atomic mass is 10.1. The van der Waals surface area contributed by atoms with E-state index in [-0.39, 0.29) is 17.5 Å². The summed E-state index contributed by atoms with van der Waals surface area (Å²) >= 11 is 11.9. The third kappa shape index (κ3) is 4.42. The van der Waals surface area contributed by atoms with Gasteiger partial charge >= 0.3 is 12.6 Å². The minimum absolute atomic E-state index is 0.0660. The largest absolute Gasteiger partial charge is 0.468 e. The molecule has 0 radical (unpaired) electrons. The first kappa shape index (κ1) is 27.9. The Labute approximate surface area is 232 Å². The van der Waals surface area contributed by atoms with E-state index in [2.05, 4.69) is 25.4 Å². The number of fused-ring (bicyclic) bond motifs is 2. The summed E-state index contributed by atoms with van der Waals surface area (Å²) in [4.78, 5) is 24.6. The van der Waals surface area contributed by atoms with Gasteiger partial charge in [-0.3, -0.25) is 13.9 Å². The van der Waals surface area contributed by atoms with Crippen molar-refractivity contribution in [1.29, 1.82) is 0 Å². The SMILES string of the molecule is CNc1nc(N)nc2c1ncn2[C@@H]1O[C@]2(CCl)C(O[P@@](=S)(N[C@H](C)C(=O)OC)Oc3ccccc3)[C@]2(O)[C@H]1F. The number of hydrogen-bond acceptors (Lipinski definition) is 12. The van der Waals surface area contributed by atoms with Crippen LogP contribution in [0.15, 0.2) is 36.7 Å². The minimum Gasteiger partial charge on any atom is -0.468 e. The first-order valence-corrected chi connectivity index (χ1v) is 14.9. The number of aromatic nitrogens is 4. The maximum absolute atomic E-state index is 16.1. The molecule has 0 bridgehead atoms. The zero-order chi connectivity index (χ0) is 28.2. The van der Waals surface area contributed by atoms with Crippen LogP contribution in [0.1, 0.15) is 13.2 Å². The van der Waals surface area contributed by atoms with Crippen molar-refractivity contribution in [2.45, 2.75) is 42.7 Å². The first-order chi connectivity index (χ1) is 18.5. The summed E-state index contributed by atoms with van der Waals surface area (Å²) in [6, 6.07) is 7.54. The molecule has 7 atom stereocenters. The smallest absolute Gasteiger partial charge is 0.323 e. The van der Waals surface area contributed by atoms with E-state index >= 15 is 4.39 Å². The number of ether oxygens (including phenoxy) is 2. The Morgan fingerprint density at radius 3 is 2.74 bits per heavy atom. The van der Waals surface area contributed by atoms with Crippen molar-refractivity contribution in [1.82, 2.24) is 24.6 Å². The predicted octanol–water partition coefficient (Wildman–Crippen LogP) is 1.88. The fraction of sp³-hybridized carbons (Fsp3) is 0.455. The van der Waals surface area contributed by atoms with Gasteiger partial charge in [-0.2, -0.15) is 9.97 Å². The van der Waals surface area contributed by atoms with Gasteiger partial charge in [-0.1, -0.05) is 18.2 Å². The fourth-order valence-electron chi connectivity index (χ4n) is 4.68. The van der Waals surface area contributed by atoms with Gasteiger partial charge in [-0.25, -0.2) is 14.5 Å². The Bertz CT molecular complexity index is 1450. The number of nitrogen functional groups attached to an aromatic ring is 1. The summed E-state index contributed by atoms with van der Waals surface area (Å²) in [6.45, 7) is -2.11. The topological polar surface area (TPSA) is 168 Å². The molecule has 13 nitrogen and oxygen atoms in total. The van der Waals surface area contributed by atoms with Crippen LogP contribution in [0.4, 0.5) is 16.2 Å². The molecule has 1 saturated carbocycles. The molecule has 1 saturated heterocycles. The molecule has 17 heteroatoms. The molecule has 2 aliphatic rings. The third-order valence-electron chi connectivity index (χ3n) is 6.69. The number of aliphatic hydroxyl groups is 1. The number of carbonyl (C=O) groups excluding carboxylic acids is 1. The number of carbonyl (C=O) groups is 1. The Kier molecular flexibility index (Phi) is 7.21. The van der Waals surface area contributed by atoms with Crippen molar-refractivity contribution in [3.8, 4) is 5.75 Å².